The molecule has 0 spiro atoms. The van der Waals surface area contributed by atoms with Crippen LogP contribution in [0.25, 0.3) is 5.52 Å². The molecule has 8 nitrogen and oxygen atoms in total. The van der Waals surface area contributed by atoms with E-state index in [0.717, 1.165) is 18.5 Å². The number of hydrogen-bond acceptors (Lipinski definition) is 5. The highest BCUT2D eigenvalue weighted by atomic mass is 19.3. The number of alkyl halides is 2. The Hall–Kier alpha value is -3.56. The number of fused-ring (bicyclic) bond motifs is 2. The Kier molecular flexibility index (Phi) is 3.95. The van der Waals surface area contributed by atoms with Crippen molar-refractivity contribution in [3.63, 3.8) is 0 Å². The predicted molar refractivity (Wildman–Crippen MR) is 104 cm³/mol. The van der Waals surface area contributed by atoms with E-state index < -0.39 is 12.5 Å². The molecular formula is C21H18F2N6O2. The Morgan fingerprint density at radius 3 is 2.97 bits per heavy atom. The van der Waals surface area contributed by atoms with E-state index in [1.54, 1.807) is 23.5 Å². The van der Waals surface area contributed by atoms with E-state index in [2.05, 4.69) is 20.1 Å². The van der Waals surface area contributed by atoms with Gasteiger partial charge in [-0.1, -0.05) is 0 Å². The number of nitrogens with one attached hydrogen (secondary N) is 1. The number of hydrogen-bond donors (Lipinski definition) is 1. The molecule has 1 N–H and O–H groups in total. The lowest BCUT2D eigenvalue weighted by atomic mass is 9.99. The lowest BCUT2D eigenvalue weighted by Crippen LogP contribution is -2.40. The summed E-state index contributed by atoms with van der Waals surface area (Å²) in [4.78, 5) is 26.8. The molecule has 31 heavy (non-hydrogen) atoms. The third-order valence-electron chi connectivity index (χ3n) is 5.92. The van der Waals surface area contributed by atoms with Crippen LogP contribution in [0, 0.1) is 0 Å². The maximum absolute atomic E-state index is 13.5. The van der Waals surface area contributed by atoms with Crippen LogP contribution < -0.4 is 0 Å². The molecule has 158 valence electrons. The maximum atomic E-state index is 13.5. The highest BCUT2D eigenvalue weighted by Gasteiger charge is 2.38. The van der Waals surface area contributed by atoms with Gasteiger partial charge in [-0.3, -0.25) is 4.79 Å². The van der Waals surface area contributed by atoms with Crippen molar-refractivity contribution < 1.29 is 18.0 Å². The average Bonchev–Trinajstić information content (AvgIpc) is 3.19. The van der Waals surface area contributed by atoms with Crippen molar-refractivity contribution in [3.8, 4) is 0 Å². The van der Waals surface area contributed by atoms with Crippen LogP contribution >= 0.6 is 0 Å². The van der Waals surface area contributed by atoms with Gasteiger partial charge in [-0.05, 0) is 31.0 Å². The van der Waals surface area contributed by atoms with Crippen molar-refractivity contribution in [1.82, 2.24) is 29.5 Å². The van der Waals surface area contributed by atoms with E-state index in [-0.39, 0.29) is 17.2 Å². The molecule has 0 bridgehead atoms. The van der Waals surface area contributed by atoms with Crippen LogP contribution in [-0.4, -0.2) is 41.9 Å². The molecule has 6 rings (SSSR count). The highest BCUT2D eigenvalue weighted by molar-refractivity contribution is 5.92. The van der Waals surface area contributed by atoms with E-state index in [1.807, 2.05) is 0 Å². The standard InChI is InChI=1S/C21H18F2N6O2/c22-19(23)12-2-1-6-29-15(12)8-14(27-29)18-17-13(25-10-26-17)5-7-28(18)21(30)16-9-24-20(31-16)11-3-4-11/h1-2,6,8-11,18-19H,3-5,7H2,(H,25,26). The summed E-state index contributed by atoms with van der Waals surface area (Å²) in [5, 5.41) is 4.52. The number of aromatic nitrogens is 5. The summed E-state index contributed by atoms with van der Waals surface area (Å²) < 4.78 is 34.1. The topological polar surface area (TPSA) is 92.3 Å². The number of H-pyrrole nitrogens is 1. The molecule has 2 aliphatic rings. The minimum atomic E-state index is -2.63. The monoisotopic (exact) mass is 424 g/mol. The number of aromatic amines is 1. The maximum Gasteiger partial charge on any atom is 0.292 e. The van der Waals surface area contributed by atoms with Crippen LogP contribution in [0.15, 0.2) is 41.3 Å². The third kappa shape index (κ3) is 2.93. The molecule has 5 heterocycles. The zero-order valence-corrected chi connectivity index (χ0v) is 16.3. The molecule has 0 radical (unpaired) electrons. The number of imidazole rings is 1. The predicted octanol–water partition coefficient (Wildman–Crippen LogP) is 3.65. The van der Waals surface area contributed by atoms with E-state index in [4.69, 9.17) is 4.42 Å². The van der Waals surface area contributed by atoms with Gasteiger partial charge >= 0.3 is 0 Å². The van der Waals surface area contributed by atoms with Gasteiger partial charge in [-0.25, -0.2) is 23.3 Å². The largest absolute Gasteiger partial charge is 0.435 e. The number of oxazole rings is 1. The fourth-order valence-corrected chi connectivity index (χ4v) is 4.22. The lowest BCUT2D eigenvalue weighted by molar-refractivity contribution is 0.0652. The number of rotatable bonds is 4. The summed E-state index contributed by atoms with van der Waals surface area (Å²) >= 11 is 0. The fourth-order valence-electron chi connectivity index (χ4n) is 4.22. The van der Waals surface area contributed by atoms with Gasteiger partial charge in [0.25, 0.3) is 12.3 Å². The van der Waals surface area contributed by atoms with Crippen molar-refractivity contribution in [2.24, 2.45) is 0 Å². The van der Waals surface area contributed by atoms with Gasteiger partial charge in [0.1, 0.15) is 6.04 Å². The van der Waals surface area contributed by atoms with Crippen LogP contribution in [-0.2, 0) is 6.42 Å². The summed E-state index contributed by atoms with van der Waals surface area (Å²) in [6.45, 7) is 0.410. The molecule has 1 amide bonds. The van der Waals surface area contributed by atoms with Gasteiger partial charge in [0.15, 0.2) is 5.89 Å². The molecule has 1 atom stereocenters. The molecule has 1 unspecified atom stereocenters. The molecule has 1 aliphatic carbocycles. The van der Waals surface area contributed by atoms with Gasteiger partial charge in [-0.2, -0.15) is 5.10 Å². The fraction of sp³-hybridized carbons (Fsp3) is 0.333. The molecule has 1 saturated carbocycles. The number of halogens is 2. The van der Waals surface area contributed by atoms with E-state index in [1.165, 1.54) is 22.8 Å². The van der Waals surface area contributed by atoms with Crippen molar-refractivity contribution in [3.05, 3.63) is 71.2 Å². The van der Waals surface area contributed by atoms with Gasteiger partial charge in [0.05, 0.1) is 29.4 Å². The van der Waals surface area contributed by atoms with Gasteiger partial charge in [0.2, 0.25) is 5.76 Å². The van der Waals surface area contributed by atoms with Crippen molar-refractivity contribution in [2.45, 2.75) is 37.6 Å². The molecule has 0 saturated heterocycles. The molecule has 4 aromatic heterocycles. The second-order valence-electron chi connectivity index (χ2n) is 7.92. The lowest BCUT2D eigenvalue weighted by Gasteiger charge is -2.33. The molecule has 1 fully saturated rings. The quantitative estimate of drug-likeness (QED) is 0.540. The molecule has 1 aliphatic heterocycles. The number of nitrogens with zero attached hydrogens (tertiary/aromatic N) is 5. The van der Waals surface area contributed by atoms with Crippen LogP contribution in [0.3, 0.4) is 0 Å². The first-order valence-electron chi connectivity index (χ1n) is 10.2. The van der Waals surface area contributed by atoms with E-state index in [9.17, 15) is 13.6 Å². The molecule has 10 heteroatoms. The Balaban J connectivity index is 1.44. The smallest absolute Gasteiger partial charge is 0.292 e. The summed E-state index contributed by atoms with van der Waals surface area (Å²) in [5.74, 6) is 0.738. The SMILES string of the molecule is O=C(c1cnc(C2CC2)o1)N1CCc2[nH]cnc2C1c1cc2c(C(F)F)cccn2n1. The Morgan fingerprint density at radius 1 is 1.29 bits per heavy atom. The van der Waals surface area contributed by atoms with Crippen LogP contribution in [0.2, 0.25) is 0 Å². The van der Waals surface area contributed by atoms with Crippen LogP contribution in [0.4, 0.5) is 8.78 Å². The summed E-state index contributed by atoms with van der Waals surface area (Å²) in [7, 11) is 0. The average molecular weight is 424 g/mol. The van der Waals surface area contributed by atoms with Gasteiger partial charge in [0, 0.05) is 36.3 Å². The first-order chi connectivity index (χ1) is 15.1. The number of pyridine rings is 1. The summed E-state index contributed by atoms with van der Waals surface area (Å²) in [5.41, 5.74) is 2.22. The Bertz CT molecular complexity index is 1290. The Labute approximate surface area is 174 Å². The molecular weight excluding hydrogens is 406 g/mol. The van der Waals surface area contributed by atoms with Crippen molar-refractivity contribution in [2.75, 3.05) is 6.54 Å². The highest BCUT2D eigenvalue weighted by Crippen LogP contribution is 2.40. The second kappa shape index (κ2) is 6.73. The molecule has 0 aromatic carbocycles. The third-order valence-corrected chi connectivity index (χ3v) is 5.92. The van der Waals surface area contributed by atoms with Crippen LogP contribution in [0.1, 0.15) is 70.3 Å². The minimum absolute atomic E-state index is 0.110. The van der Waals surface area contributed by atoms with Gasteiger partial charge in [-0.15, -0.1) is 0 Å². The number of carbonyl (C=O) groups is 1. The normalized spacial score (nSPS) is 18.7. The second-order valence-corrected chi connectivity index (χ2v) is 7.92. The number of carbonyl (C=O) groups excluding carboxylic acids is 1. The van der Waals surface area contributed by atoms with E-state index >= 15 is 0 Å². The van der Waals surface area contributed by atoms with Crippen molar-refractivity contribution in [1.29, 1.82) is 0 Å². The van der Waals surface area contributed by atoms with Gasteiger partial charge < -0.3 is 14.3 Å². The first kappa shape index (κ1) is 18.2. The first-order valence-corrected chi connectivity index (χ1v) is 10.2. The minimum Gasteiger partial charge on any atom is -0.435 e. The van der Waals surface area contributed by atoms with Crippen LogP contribution in [0.5, 0.6) is 0 Å². The van der Waals surface area contributed by atoms with Crippen molar-refractivity contribution >= 4 is 11.4 Å². The summed E-state index contributed by atoms with van der Waals surface area (Å²) in [6.07, 6.45) is 4.65. The Morgan fingerprint density at radius 2 is 2.16 bits per heavy atom. The zero-order chi connectivity index (χ0) is 21.1. The number of amides is 1. The molecule has 4 aromatic rings. The summed E-state index contributed by atoms with van der Waals surface area (Å²) in [6, 6.07) is 3.89. The zero-order valence-electron chi connectivity index (χ0n) is 16.3. The van der Waals surface area contributed by atoms with E-state index in [0.29, 0.717) is 41.7 Å².